The molecular formula is C23H28N2O6S2. The first-order valence-corrected chi connectivity index (χ1v) is 13.6. The molecule has 2 aliphatic rings. The summed E-state index contributed by atoms with van der Waals surface area (Å²) in [4.78, 5) is 26.9. The molecule has 33 heavy (non-hydrogen) atoms. The number of carbonyl (C=O) groups excluding carboxylic acids is 2. The molecule has 0 radical (unpaired) electrons. The van der Waals surface area contributed by atoms with E-state index in [0.717, 1.165) is 29.7 Å². The van der Waals surface area contributed by atoms with Crippen LogP contribution >= 0.6 is 11.3 Å². The number of sulfone groups is 1. The van der Waals surface area contributed by atoms with Gasteiger partial charge in [0.2, 0.25) is 0 Å². The fraction of sp³-hybridized carbons (Fsp3) is 0.478. The van der Waals surface area contributed by atoms with E-state index in [0.29, 0.717) is 34.4 Å². The van der Waals surface area contributed by atoms with Crippen molar-refractivity contribution in [2.75, 3.05) is 30.5 Å². The van der Waals surface area contributed by atoms with Gasteiger partial charge in [0.25, 0.3) is 11.8 Å². The van der Waals surface area contributed by atoms with Gasteiger partial charge in [-0.05, 0) is 61.4 Å². The second-order valence-corrected chi connectivity index (χ2v) is 12.0. The van der Waals surface area contributed by atoms with E-state index in [2.05, 4.69) is 17.6 Å². The van der Waals surface area contributed by atoms with E-state index >= 15 is 0 Å². The lowest BCUT2D eigenvalue weighted by molar-refractivity contribution is -0.118. The lowest BCUT2D eigenvalue weighted by atomic mass is 9.88. The average molecular weight is 493 g/mol. The van der Waals surface area contributed by atoms with E-state index in [9.17, 15) is 18.0 Å². The van der Waals surface area contributed by atoms with Crippen LogP contribution in [-0.4, -0.2) is 51.5 Å². The Balaban J connectivity index is 1.48. The van der Waals surface area contributed by atoms with Crippen molar-refractivity contribution in [1.82, 2.24) is 5.32 Å². The molecule has 0 unspecified atom stereocenters. The van der Waals surface area contributed by atoms with Crippen molar-refractivity contribution < 1.29 is 27.5 Å². The number of amides is 2. The molecule has 0 spiro atoms. The molecular weight excluding hydrogens is 464 g/mol. The number of benzene rings is 1. The molecule has 2 aromatic rings. The molecule has 178 valence electrons. The number of methoxy groups -OCH3 is 1. The Kier molecular flexibility index (Phi) is 6.94. The minimum Gasteiger partial charge on any atom is -0.497 e. The van der Waals surface area contributed by atoms with Crippen LogP contribution in [0.3, 0.4) is 0 Å². The van der Waals surface area contributed by atoms with Gasteiger partial charge in [-0.1, -0.05) is 6.92 Å². The van der Waals surface area contributed by atoms with Crippen molar-refractivity contribution in [2.24, 2.45) is 5.92 Å². The van der Waals surface area contributed by atoms with Crippen LogP contribution in [0, 0.1) is 5.92 Å². The predicted molar refractivity (Wildman–Crippen MR) is 127 cm³/mol. The third-order valence-electron chi connectivity index (χ3n) is 5.99. The van der Waals surface area contributed by atoms with Crippen molar-refractivity contribution in [2.45, 2.75) is 38.6 Å². The second-order valence-electron chi connectivity index (χ2n) is 8.64. The molecule has 8 nitrogen and oxygen atoms in total. The number of fused-ring (bicyclic) bond motifs is 1. The summed E-state index contributed by atoms with van der Waals surface area (Å²) in [6.45, 7) is 1.97. The number of hydrogen-bond acceptors (Lipinski definition) is 7. The quantitative estimate of drug-likeness (QED) is 0.615. The molecule has 1 aromatic heterocycles. The lowest BCUT2D eigenvalue weighted by Crippen LogP contribution is -2.36. The Morgan fingerprint density at radius 3 is 2.55 bits per heavy atom. The first kappa shape index (κ1) is 23.6. The summed E-state index contributed by atoms with van der Waals surface area (Å²) in [5.74, 6) is 1.09. The zero-order valence-electron chi connectivity index (χ0n) is 18.7. The SMILES string of the molecule is COc1ccc(OCC(=O)Nc2sc3c(c2C(=O)N[C@H]2CCS(=O)(=O)C2)CC[C@H](C)C3)cc1. The zero-order valence-corrected chi connectivity index (χ0v) is 20.3. The van der Waals surface area contributed by atoms with E-state index in [4.69, 9.17) is 9.47 Å². The maximum absolute atomic E-state index is 13.2. The van der Waals surface area contributed by atoms with Gasteiger partial charge < -0.3 is 20.1 Å². The Morgan fingerprint density at radius 1 is 1.15 bits per heavy atom. The monoisotopic (exact) mass is 492 g/mol. The van der Waals surface area contributed by atoms with Gasteiger partial charge in [-0.3, -0.25) is 9.59 Å². The first-order chi connectivity index (χ1) is 15.7. The molecule has 1 saturated heterocycles. The van der Waals surface area contributed by atoms with E-state index in [1.54, 1.807) is 31.4 Å². The minimum atomic E-state index is -3.11. The number of nitrogens with one attached hydrogen (secondary N) is 2. The maximum atomic E-state index is 13.2. The molecule has 1 aromatic carbocycles. The zero-order chi connectivity index (χ0) is 23.6. The Morgan fingerprint density at radius 2 is 1.88 bits per heavy atom. The van der Waals surface area contributed by atoms with Gasteiger partial charge in [-0.15, -0.1) is 11.3 Å². The number of rotatable bonds is 7. The van der Waals surface area contributed by atoms with Crippen LogP contribution in [-0.2, 0) is 27.5 Å². The topological polar surface area (TPSA) is 111 Å². The Labute approximate surface area is 197 Å². The molecule has 0 saturated carbocycles. The molecule has 1 aliphatic carbocycles. The highest BCUT2D eigenvalue weighted by molar-refractivity contribution is 7.91. The van der Waals surface area contributed by atoms with Gasteiger partial charge in [0.1, 0.15) is 16.5 Å². The minimum absolute atomic E-state index is 0.0422. The molecule has 1 aliphatic heterocycles. The first-order valence-electron chi connectivity index (χ1n) is 11.0. The normalized spacial score (nSPS) is 21.2. The fourth-order valence-electron chi connectivity index (χ4n) is 4.23. The van der Waals surface area contributed by atoms with Gasteiger partial charge >= 0.3 is 0 Å². The number of carbonyl (C=O) groups is 2. The number of anilines is 1. The van der Waals surface area contributed by atoms with Crippen LogP contribution < -0.4 is 20.1 Å². The van der Waals surface area contributed by atoms with Crippen molar-refractivity contribution in [3.63, 3.8) is 0 Å². The summed E-state index contributed by atoms with van der Waals surface area (Å²) in [5, 5.41) is 6.22. The van der Waals surface area contributed by atoms with Gasteiger partial charge in [0.15, 0.2) is 16.4 Å². The van der Waals surface area contributed by atoms with E-state index in [-0.39, 0.29) is 29.9 Å². The highest BCUT2D eigenvalue weighted by Gasteiger charge is 2.33. The largest absolute Gasteiger partial charge is 0.497 e. The summed E-state index contributed by atoms with van der Waals surface area (Å²) in [7, 11) is -1.53. The van der Waals surface area contributed by atoms with Gasteiger partial charge in [0.05, 0.1) is 24.2 Å². The molecule has 0 bridgehead atoms. The molecule has 1 fully saturated rings. The Bertz CT molecular complexity index is 1140. The summed E-state index contributed by atoms with van der Waals surface area (Å²) in [5.41, 5.74) is 1.42. The van der Waals surface area contributed by atoms with E-state index in [1.807, 2.05) is 0 Å². The third-order valence-corrected chi connectivity index (χ3v) is 8.93. The van der Waals surface area contributed by atoms with Crippen LogP contribution in [0.4, 0.5) is 5.00 Å². The van der Waals surface area contributed by atoms with Crippen molar-refractivity contribution in [3.05, 3.63) is 40.3 Å². The summed E-state index contributed by atoms with van der Waals surface area (Å²) < 4.78 is 34.2. The lowest BCUT2D eigenvalue weighted by Gasteiger charge is -2.19. The predicted octanol–water partition coefficient (Wildman–Crippen LogP) is 2.82. The molecule has 2 N–H and O–H groups in total. The van der Waals surface area contributed by atoms with E-state index in [1.165, 1.54) is 11.3 Å². The molecule has 2 amide bonds. The fourth-order valence-corrected chi connectivity index (χ4v) is 7.33. The number of thiophene rings is 1. The third kappa shape index (κ3) is 5.67. The van der Waals surface area contributed by atoms with Crippen molar-refractivity contribution in [3.8, 4) is 11.5 Å². The summed E-state index contributed by atoms with van der Waals surface area (Å²) in [6.07, 6.45) is 3.00. The summed E-state index contributed by atoms with van der Waals surface area (Å²) >= 11 is 1.42. The number of ether oxygens (including phenoxy) is 2. The smallest absolute Gasteiger partial charge is 0.262 e. The molecule has 4 rings (SSSR count). The van der Waals surface area contributed by atoms with Crippen molar-refractivity contribution >= 4 is 38.0 Å². The van der Waals surface area contributed by atoms with Gasteiger partial charge in [0, 0.05) is 10.9 Å². The van der Waals surface area contributed by atoms with Gasteiger partial charge in [-0.2, -0.15) is 0 Å². The van der Waals surface area contributed by atoms with Crippen LogP contribution in [0.15, 0.2) is 24.3 Å². The van der Waals surface area contributed by atoms with Crippen LogP contribution in [0.1, 0.15) is 40.6 Å². The highest BCUT2D eigenvalue weighted by Crippen LogP contribution is 2.39. The van der Waals surface area contributed by atoms with E-state index < -0.39 is 15.9 Å². The second kappa shape index (κ2) is 9.72. The van der Waals surface area contributed by atoms with Crippen LogP contribution in [0.25, 0.3) is 0 Å². The maximum Gasteiger partial charge on any atom is 0.262 e. The Hall–Kier alpha value is -2.59. The van der Waals surface area contributed by atoms with Crippen molar-refractivity contribution in [1.29, 1.82) is 0 Å². The standard InChI is InChI=1S/C23H28N2O6S2/c1-14-3-8-18-19(11-14)32-23(21(18)22(27)24-15-9-10-33(28,29)13-15)25-20(26)12-31-17-6-4-16(30-2)5-7-17/h4-7,14-15H,3,8-13H2,1-2H3,(H,24,27)(H,25,26)/t14-,15-/m0/s1. The van der Waals surface area contributed by atoms with Gasteiger partial charge in [-0.25, -0.2) is 8.42 Å². The molecule has 2 heterocycles. The summed E-state index contributed by atoms with van der Waals surface area (Å²) in [6, 6.07) is 6.51. The average Bonchev–Trinajstić information content (AvgIpc) is 3.30. The molecule has 10 heteroatoms. The number of hydrogen-bond donors (Lipinski definition) is 2. The highest BCUT2D eigenvalue weighted by atomic mass is 32.2. The van der Waals surface area contributed by atoms with Crippen LogP contribution in [0.5, 0.6) is 11.5 Å². The molecule has 2 atom stereocenters. The van der Waals surface area contributed by atoms with Crippen LogP contribution in [0.2, 0.25) is 0 Å².